The predicted octanol–water partition coefficient (Wildman–Crippen LogP) is 3.03. The van der Waals surface area contributed by atoms with Crippen molar-refractivity contribution in [1.29, 1.82) is 0 Å². The van der Waals surface area contributed by atoms with E-state index in [0.29, 0.717) is 19.6 Å². The first-order valence-electron chi connectivity index (χ1n) is 7.24. The van der Waals surface area contributed by atoms with E-state index in [9.17, 15) is 4.79 Å². The van der Waals surface area contributed by atoms with Crippen LogP contribution in [0.2, 0.25) is 0 Å². The van der Waals surface area contributed by atoms with E-state index < -0.39 is 0 Å². The lowest BCUT2D eigenvalue weighted by molar-refractivity contribution is -0.143. The fourth-order valence-corrected chi connectivity index (χ4v) is 3.10. The monoisotopic (exact) mass is 355 g/mol. The molecule has 0 radical (unpaired) electrons. The Morgan fingerprint density at radius 3 is 2.90 bits per heavy atom. The Morgan fingerprint density at radius 1 is 1.48 bits per heavy atom. The summed E-state index contributed by atoms with van der Waals surface area (Å²) in [5, 5.41) is 0. The summed E-state index contributed by atoms with van der Waals surface area (Å²) in [4.78, 5) is 14.3. The predicted molar refractivity (Wildman–Crippen MR) is 85.6 cm³/mol. The van der Waals surface area contributed by atoms with E-state index in [1.54, 1.807) is 7.11 Å². The van der Waals surface area contributed by atoms with Gasteiger partial charge >= 0.3 is 0 Å². The van der Waals surface area contributed by atoms with Crippen molar-refractivity contribution in [3.8, 4) is 5.75 Å². The average Bonchev–Trinajstić information content (AvgIpc) is 2.47. The third-order valence-electron chi connectivity index (χ3n) is 3.77. The van der Waals surface area contributed by atoms with Gasteiger partial charge in [-0.3, -0.25) is 4.79 Å². The van der Waals surface area contributed by atoms with E-state index >= 15 is 0 Å². The lowest BCUT2D eigenvalue weighted by Crippen LogP contribution is -2.50. The maximum atomic E-state index is 12.4. The number of halogens is 1. The number of aryl methyl sites for hydroxylation is 1. The zero-order valence-corrected chi connectivity index (χ0v) is 14.4. The first-order chi connectivity index (χ1) is 10.0. The van der Waals surface area contributed by atoms with Crippen LogP contribution in [0.4, 0.5) is 0 Å². The number of benzene rings is 1. The van der Waals surface area contributed by atoms with Gasteiger partial charge in [0.2, 0.25) is 5.91 Å². The van der Waals surface area contributed by atoms with Gasteiger partial charge in [-0.2, -0.15) is 0 Å². The summed E-state index contributed by atoms with van der Waals surface area (Å²) in [6.45, 7) is 5.35. The molecule has 0 saturated carbocycles. The quantitative estimate of drug-likeness (QED) is 0.833. The molecular formula is C16H22BrNO3. The number of amides is 1. The third-order valence-corrected chi connectivity index (χ3v) is 4.39. The minimum atomic E-state index is 0.125. The summed E-state index contributed by atoms with van der Waals surface area (Å²) in [6.07, 6.45) is 1.38. The molecule has 1 aliphatic heterocycles. The van der Waals surface area contributed by atoms with Gasteiger partial charge in [0.25, 0.3) is 0 Å². The van der Waals surface area contributed by atoms with E-state index in [4.69, 9.17) is 9.47 Å². The van der Waals surface area contributed by atoms with E-state index in [1.807, 2.05) is 36.9 Å². The molecule has 5 heteroatoms. The van der Waals surface area contributed by atoms with Crippen LogP contribution in [0.1, 0.15) is 25.8 Å². The van der Waals surface area contributed by atoms with Crippen LogP contribution >= 0.6 is 15.9 Å². The van der Waals surface area contributed by atoms with Crippen LogP contribution in [0, 0.1) is 0 Å². The SMILES string of the molecule is COc1ccc(CCC(=O)N2CC(C)OCC2C)cc1Br. The number of morpholine rings is 1. The van der Waals surface area contributed by atoms with Crippen LogP contribution in [-0.2, 0) is 16.0 Å². The van der Waals surface area contributed by atoms with Crippen molar-refractivity contribution in [3.05, 3.63) is 28.2 Å². The standard InChI is InChI=1S/C16H22BrNO3/c1-11-10-21-12(2)9-18(11)16(19)7-5-13-4-6-15(20-3)14(17)8-13/h4,6,8,11-12H,5,7,9-10H2,1-3H3. The van der Waals surface area contributed by atoms with Gasteiger partial charge in [0.15, 0.2) is 0 Å². The van der Waals surface area contributed by atoms with Crippen molar-refractivity contribution in [2.45, 2.75) is 38.8 Å². The second kappa shape index (κ2) is 7.27. The summed E-state index contributed by atoms with van der Waals surface area (Å²) in [5.74, 6) is 1.00. The highest BCUT2D eigenvalue weighted by atomic mass is 79.9. The van der Waals surface area contributed by atoms with Crippen molar-refractivity contribution < 1.29 is 14.3 Å². The Balaban J connectivity index is 1.93. The zero-order chi connectivity index (χ0) is 15.4. The first-order valence-corrected chi connectivity index (χ1v) is 8.04. The second-order valence-corrected chi connectivity index (χ2v) is 6.36. The number of carbonyl (C=O) groups is 1. The number of hydrogen-bond acceptors (Lipinski definition) is 3. The van der Waals surface area contributed by atoms with Crippen LogP contribution in [0.25, 0.3) is 0 Å². The number of methoxy groups -OCH3 is 1. The summed E-state index contributed by atoms with van der Waals surface area (Å²) in [6, 6.07) is 6.10. The van der Waals surface area contributed by atoms with E-state index in [0.717, 1.165) is 22.2 Å². The minimum Gasteiger partial charge on any atom is -0.496 e. The number of carbonyl (C=O) groups excluding carboxylic acids is 1. The summed E-state index contributed by atoms with van der Waals surface area (Å²) in [7, 11) is 1.64. The van der Waals surface area contributed by atoms with Gasteiger partial charge in [0.05, 0.1) is 30.3 Å². The van der Waals surface area contributed by atoms with E-state index in [-0.39, 0.29) is 18.1 Å². The normalized spacial score (nSPS) is 22.2. The molecule has 0 aromatic heterocycles. The van der Waals surface area contributed by atoms with Gasteiger partial charge in [0, 0.05) is 13.0 Å². The molecule has 21 heavy (non-hydrogen) atoms. The Kier molecular flexibility index (Phi) is 5.65. The molecule has 2 rings (SSSR count). The minimum absolute atomic E-state index is 0.125. The summed E-state index contributed by atoms with van der Waals surface area (Å²) >= 11 is 3.47. The molecule has 4 nitrogen and oxygen atoms in total. The molecule has 0 N–H and O–H groups in total. The number of nitrogens with zero attached hydrogens (tertiary/aromatic N) is 1. The lowest BCUT2D eigenvalue weighted by atomic mass is 10.1. The van der Waals surface area contributed by atoms with Crippen molar-refractivity contribution in [1.82, 2.24) is 4.90 Å². The molecule has 1 fully saturated rings. The molecule has 1 aromatic carbocycles. The van der Waals surface area contributed by atoms with Crippen LogP contribution in [0.15, 0.2) is 22.7 Å². The van der Waals surface area contributed by atoms with Crippen molar-refractivity contribution >= 4 is 21.8 Å². The largest absolute Gasteiger partial charge is 0.496 e. The van der Waals surface area contributed by atoms with Gasteiger partial charge in [-0.1, -0.05) is 6.07 Å². The third kappa shape index (κ3) is 4.20. The molecule has 0 bridgehead atoms. The smallest absolute Gasteiger partial charge is 0.223 e. The fraction of sp³-hybridized carbons (Fsp3) is 0.562. The zero-order valence-electron chi connectivity index (χ0n) is 12.8. The maximum absolute atomic E-state index is 12.4. The molecular weight excluding hydrogens is 334 g/mol. The molecule has 2 atom stereocenters. The molecule has 1 heterocycles. The van der Waals surface area contributed by atoms with Crippen LogP contribution in [0.5, 0.6) is 5.75 Å². The van der Waals surface area contributed by atoms with Crippen molar-refractivity contribution in [3.63, 3.8) is 0 Å². The van der Waals surface area contributed by atoms with Gasteiger partial charge in [-0.05, 0) is 53.9 Å². The molecule has 1 aliphatic rings. The van der Waals surface area contributed by atoms with Crippen molar-refractivity contribution in [2.75, 3.05) is 20.3 Å². The van der Waals surface area contributed by atoms with Gasteiger partial charge in [0.1, 0.15) is 5.75 Å². The average molecular weight is 356 g/mol. The Hall–Kier alpha value is -1.07. The highest BCUT2D eigenvalue weighted by Gasteiger charge is 2.26. The molecule has 1 amide bonds. The molecule has 0 aliphatic carbocycles. The number of ether oxygens (including phenoxy) is 2. The number of hydrogen-bond donors (Lipinski definition) is 0. The summed E-state index contributed by atoms with van der Waals surface area (Å²) < 4.78 is 11.7. The van der Waals surface area contributed by atoms with Gasteiger partial charge in [-0.25, -0.2) is 0 Å². The highest BCUT2D eigenvalue weighted by molar-refractivity contribution is 9.10. The molecule has 2 unspecified atom stereocenters. The van der Waals surface area contributed by atoms with Crippen molar-refractivity contribution in [2.24, 2.45) is 0 Å². The lowest BCUT2D eigenvalue weighted by Gasteiger charge is -2.37. The second-order valence-electron chi connectivity index (χ2n) is 5.51. The molecule has 1 saturated heterocycles. The first kappa shape index (κ1) is 16.3. The van der Waals surface area contributed by atoms with Gasteiger partial charge < -0.3 is 14.4 Å². The number of rotatable bonds is 4. The van der Waals surface area contributed by atoms with E-state index in [2.05, 4.69) is 15.9 Å². The topological polar surface area (TPSA) is 38.8 Å². The van der Waals surface area contributed by atoms with Gasteiger partial charge in [-0.15, -0.1) is 0 Å². The molecule has 116 valence electrons. The summed E-state index contributed by atoms with van der Waals surface area (Å²) in [5.41, 5.74) is 1.13. The highest BCUT2D eigenvalue weighted by Crippen LogP contribution is 2.26. The molecule has 1 aromatic rings. The van der Waals surface area contributed by atoms with Crippen LogP contribution in [0.3, 0.4) is 0 Å². The Labute approximate surface area is 134 Å². The fourth-order valence-electron chi connectivity index (χ4n) is 2.51. The molecule has 0 spiro atoms. The van der Waals surface area contributed by atoms with Crippen LogP contribution < -0.4 is 4.74 Å². The van der Waals surface area contributed by atoms with E-state index in [1.165, 1.54) is 0 Å². The van der Waals surface area contributed by atoms with Crippen LogP contribution in [-0.4, -0.2) is 43.2 Å². The Morgan fingerprint density at radius 2 is 2.24 bits per heavy atom. The Bertz CT molecular complexity index is 506. The maximum Gasteiger partial charge on any atom is 0.223 e.